The molecule has 4 rings (SSSR count). The first-order valence-corrected chi connectivity index (χ1v) is 17.0. The highest BCUT2D eigenvalue weighted by molar-refractivity contribution is 7.92. The zero-order chi connectivity index (χ0) is 33.1. The number of hydrogen-bond donors (Lipinski definition) is 1. The number of methoxy groups -OCH3 is 1. The summed E-state index contributed by atoms with van der Waals surface area (Å²) in [5.74, 6) is -0.329. The molecule has 0 aromatic heterocycles. The highest BCUT2D eigenvalue weighted by Crippen LogP contribution is 2.27. The molecule has 0 unspecified atom stereocenters. The molecule has 4 aromatic carbocycles. The molecule has 1 atom stereocenters. The highest BCUT2D eigenvalue weighted by atomic mass is 35.5. The van der Waals surface area contributed by atoms with Crippen molar-refractivity contribution < 1.29 is 22.7 Å². The van der Waals surface area contributed by atoms with Crippen LogP contribution in [0, 0.1) is 6.92 Å². The lowest BCUT2D eigenvalue weighted by molar-refractivity contribution is -0.140. The van der Waals surface area contributed by atoms with Crippen LogP contribution in [0.25, 0.3) is 0 Å². The molecule has 46 heavy (non-hydrogen) atoms. The Morgan fingerprint density at radius 2 is 1.57 bits per heavy atom. The average molecular weight is 662 g/mol. The molecule has 0 aliphatic heterocycles. The van der Waals surface area contributed by atoms with Gasteiger partial charge in [0.15, 0.2) is 0 Å². The summed E-state index contributed by atoms with van der Waals surface area (Å²) in [6, 6.07) is 28.5. The summed E-state index contributed by atoms with van der Waals surface area (Å²) in [4.78, 5) is 29.8. The lowest BCUT2D eigenvalue weighted by Gasteiger charge is -2.34. The van der Waals surface area contributed by atoms with Crippen LogP contribution >= 0.6 is 11.6 Å². The van der Waals surface area contributed by atoms with Crippen molar-refractivity contribution in [2.75, 3.05) is 24.5 Å². The molecule has 0 saturated heterocycles. The first-order valence-electron chi connectivity index (χ1n) is 15.2. The molecule has 0 spiro atoms. The molecule has 1 N–H and O–H groups in total. The van der Waals surface area contributed by atoms with Crippen LogP contribution < -0.4 is 14.4 Å². The van der Waals surface area contributed by atoms with Crippen molar-refractivity contribution in [3.05, 3.63) is 125 Å². The number of carbonyl (C=O) groups excluding carboxylic acids is 2. The monoisotopic (exact) mass is 661 g/mol. The lowest BCUT2D eigenvalue weighted by atomic mass is 10.0. The van der Waals surface area contributed by atoms with Gasteiger partial charge in [-0.2, -0.15) is 0 Å². The van der Waals surface area contributed by atoms with Crippen molar-refractivity contribution in [1.82, 2.24) is 10.2 Å². The van der Waals surface area contributed by atoms with E-state index >= 15 is 0 Å². The Hall–Kier alpha value is -4.34. The van der Waals surface area contributed by atoms with E-state index in [-0.39, 0.29) is 29.5 Å². The van der Waals surface area contributed by atoms with Crippen molar-refractivity contribution >= 4 is 39.1 Å². The molecule has 2 amide bonds. The van der Waals surface area contributed by atoms with E-state index in [4.69, 9.17) is 16.3 Å². The molecule has 0 radical (unpaired) electrons. The number of rotatable bonds is 15. The zero-order valence-corrected chi connectivity index (χ0v) is 27.9. The van der Waals surface area contributed by atoms with Crippen LogP contribution in [0.5, 0.6) is 5.75 Å². The predicted molar refractivity (Wildman–Crippen MR) is 183 cm³/mol. The standard InChI is InChI=1S/C36H40ClN3O5S/c1-4-5-22-38-36(42)34(24-28-11-7-6-8-12-28)39(25-29-13-9-10-27(2)23-29)35(41)26-40(31-16-14-30(37)15-17-31)46(43,44)33-20-18-32(45-3)19-21-33/h6-21,23,34H,4-5,22,24-26H2,1-3H3,(H,38,42)/t34-/m1/s1. The molecule has 10 heteroatoms. The highest BCUT2D eigenvalue weighted by Gasteiger charge is 2.34. The number of nitrogens with zero attached hydrogens (tertiary/aromatic N) is 2. The van der Waals surface area contributed by atoms with Crippen LogP contribution in [0.1, 0.15) is 36.5 Å². The second-order valence-corrected chi connectivity index (χ2v) is 13.3. The molecule has 4 aromatic rings. The molecule has 0 fully saturated rings. The molecule has 8 nitrogen and oxygen atoms in total. The average Bonchev–Trinajstić information content (AvgIpc) is 3.06. The number of sulfonamides is 1. The van der Waals surface area contributed by atoms with Crippen LogP contribution in [0.3, 0.4) is 0 Å². The fraction of sp³-hybridized carbons (Fsp3) is 0.278. The minimum Gasteiger partial charge on any atom is -0.497 e. The van der Waals surface area contributed by atoms with Gasteiger partial charge in [0.05, 0.1) is 17.7 Å². The van der Waals surface area contributed by atoms with Gasteiger partial charge in [0.1, 0.15) is 18.3 Å². The number of ether oxygens (including phenoxy) is 1. The minimum absolute atomic E-state index is 0.0144. The van der Waals surface area contributed by atoms with Crippen molar-refractivity contribution in [3.8, 4) is 5.75 Å². The smallest absolute Gasteiger partial charge is 0.264 e. The fourth-order valence-corrected chi connectivity index (χ4v) is 6.62. The number of unbranched alkanes of at least 4 members (excludes halogenated alkanes) is 1. The summed E-state index contributed by atoms with van der Waals surface area (Å²) >= 11 is 6.14. The van der Waals surface area contributed by atoms with Crippen molar-refractivity contribution in [1.29, 1.82) is 0 Å². The summed E-state index contributed by atoms with van der Waals surface area (Å²) in [5.41, 5.74) is 2.96. The third kappa shape index (κ3) is 9.11. The second kappa shape index (κ2) is 16.3. The van der Waals surface area contributed by atoms with Crippen molar-refractivity contribution in [3.63, 3.8) is 0 Å². The van der Waals surface area contributed by atoms with E-state index in [0.29, 0.717) is 17.3 Å². The SMILES string of the molecule is CCCCNC(=O)[C@@H](Cc1ccccc1)N(Cc1cccc(C)c1)C(=O)CN(c1ccc(Cl)cc1)S(=O)(=O)c1ccc(OC)cc1. The quantitative estimate of drug-likeness (QED) is 0.149. The number of halogens is 1. The summed E-state index contributed by atoms with van der Waals surface area (Å²) in [5, 5.41) is 3.42. The Bertz CT molecular complexity index is 1700. The van der Waals surface area contributed by atoms with Gasteiger partial charge in [-0.15, -0.1) is 0 Å². The van der Waals surface area contributed by atoms with Gasteiger partial charge in [-0.3, -0.25) is 13.9 Å². The number of anilines is 1. The Labute approximate surface area is 277 Å². The molecule has 0 aliphatic carbocycles. The molecule has 0 heterocycles. The van der Waals surface area contributed by atoms with Gasteiger partial charge in [0.2, 0.25) is 11.8 Å². The Kier molecular flexibility index (Phi) is 12.2. The van der Waals surface area contributed by atoms with Gasteiger partial charge in [-0.1, -0.05) is 85.1 Å². The van der Waals surface area contributed by atoms with Crippen LogP contribution in [0.2, 0.25) is 5.02 Å². The third-order valence-corrected chi connectivity index (χ3v) is 9.62. The van der Waals surface area contributed by atoms with E-state index in [2.05, 4.69) is 5.32 Å². The first-order chi connectivity index (χ1) is 22.1. The van der Waals surface area contributed by atoms with Crippen LogP contribution in [-0.2, 0) is 32.6 Å². The van der Waals surface area contributed by atoms with E-state index in [9.17, 15) is 18.0 Å². The van der Waals surface area contributed by atoms with E-state index < -0.39 is 28.5 Å². The van der Waals surface area contributed by atoms with Gasteiger partial charge in [-0.25, -0.2) is 8.42 Å². The number of carbonyl (C=O) groups is 2. The number of amides is 2. The zero-order valence-electron chi connectivity index (χ0n) is 26.4. The fourth-order valence-electron chi connectivity index (χ4n) is 5.08. The van der Waals surface area contributed by atoms with Crippen LogP contribution in [0.4, 0.5) is 5.69 Å². The summed E-state index contributed by atoms with van der Waals surface area (Å²) in [7, 11) is -2.74. The van der Waals surface area contributed by atoms with Crippen LogP contribution in [-0.4, -0.2) is 51.4 Å². The number of nitrogens with one attached hydrogen (secondary N) is 1. The minimum atomic E-state index is -4.24. The third-order valence-electron chi connectivity index (χ3n) is 7.58. The van der Waals surface area contributed by atoms with Gasteiger partial charge in [-0.05, 0) is 73.0 Å². The number of benzene rings is 4. The first kappa shape index (κ1) is 34.5. The number of aryl methyl sites for hydroxylation is 1. The predicted octanol–water partition coefficient (Wildman–Crippen LogP) is 6.41. The lowest BCUT2D eigenvalue weighted by Crippen LogP contribution is -2.53. The molecule has 0 bridgehead atoms. The molecular formula is C36H40ClN3O5S. The Morgan fingerprint density at radius 1 is 0.891 bits per heavy atom. The maximum absolute atomic E-state index is 14.5. The normalized spacial score (nSPS) is 11.8. The Balaban J connectivity index is 1.78. The van der Waals surface area contributed by atoms with Crippen molar-refractivity contribution in [2.24, 2.45) is 0 Å². The van der Waals surface area contributed by atoms with E-state index in [0.717, 1.165) is 33.8 Å². The van der Waals surface area contributed by atoms with Gasteiger partial charge in [0.25, 0.3) is 10.0 Å². The topological polar surface area (TPSA) is 96.0 Å². The summed E-state index contributed by atoms with van der Waals surface area (Å²) < 4.78 is 34.6. The van der Waals surface area contributed by atoms with Gasteiger partial charge in [0, 0.05) is 24.5 Å². The van der Waals surface area contributed by atoms with E-state index in [1.165, 1.54) is 24.1 Å². The maximum Gasteiger partial charge on any atom is 0.264 e. The molecule has 0 aliphatic rings. The maximum atomic E-state index is 14.5. The van der Waals surface area contributed by atoms with E-state index in [1.54, 1.807) is 36.4 Å². The Morgan fingerprint density at radius 3 is 2.20 bits per heavy atom. The molecular weight excluding hydrogens is 622 g/mol. The summed E-state index contributed by atoms with van der Waals surface area (Å²) in [6.45, 7) is 4.02. The molecule has 0 saturated carbocycles. The van der Waals surface area contributed by atoms with E-state index in [1.807, 2.05) is 68.4 Å². The van der Waals surface area contributed by atoms with Gasteiger partial charge >= 0.3 is 0 Å². The van der Waals surface area contributed by atoms with Crippen LogP contribution in [0.15, 0.2) is 108 Å². The second-order valence-electron chi connectivity index (χ2n) is 11.0. The number of hydrogen-bond acceptors (Lipinski definition) is 5. The molecule has 242 valence electrons. The van der Waals surface area contributed by atoms with Crippen molar-refractivity contribution in [2.45, 2.75) is 50.6 Å². The van der Waals surface area contributed by atoms with Gasteiger partial charge < -0.3 is 15.0 Å². The largest absolute Gasteiger partial charge is 0.497 e. The summed E-state index contributed by atoms with van der Waals surface area (Å²) in [6.07, 6.45) is 1.94.